The minimum Gasteiger partial charge on any atom is -0.477 e. The Balaban J connectivity index is 2.24. The molecule has 0 spiro atoms. The average Bonchev–Trinajstić information content (AvgIpc) is 3.02. The molecule has 21 heavy (non-hydrogen) atoms. The molecule has 0 unspecified atom stereocenters. The summed E-state index contributed by atoms with van der Waals surface area (Å²) in [5.41, 5.74) is -0.391. The SMILES string of the molecule is O=C(O)c1cnoc1-c1c[nH]c2ccc(C(F)(F)F)cc12. The highest BCUT2D eigenvalue weighted by Gasteiger charge is 2.31. The van der Waals surface area contributed by atoms with Gasteiger partial charge in [0.1, 0.15) is 5.56 Å². The number of halogens is 3. The molecule has 2 aromatic heterocycles. The Morgan fingerprint density at radius 2 is 2.10 bits per heavy atom. The Morgan fingerprint density at radius 3 is 2.76 bits per heavy atom. The monoisotopic (exact) mass is 296 g/mol. The highest BCUT2D eigenvalue weighted by atomic mass is 19.4. The number of benzene rings is 1. The molecule has 0 saturated heterocycles. The van der Waals surface area contributed by atoms with Crippen LogP contribution in [-0.2, 0) is 6.18 Å². The number of aromatic carboxylic acids is 1. The van der Waals surface area contributed by atoms with E-state index in [1.165, 1.54) is 12.3 Å². The maximum Gasteiger partial charge on any atom is 0.416 e. The van der Waals surface area contributed by atoms with Crippen molar-refractivity contribution in [2.45, 2.75) is 6.18 Å². The van der Waals surface area contributed by atoms with Gasteiger partial charge in [-0.05, 0) is 18.2 Å². The van der Waals surface area contributed by atoms with Gasteiger partial charge in [0.05, 0.1) is 11.8 Å². The molecule has 0 radical (unpaired) electrons. The number of hydrogen-bond donors (Lipinski definition) is 2. The number of H-pyrrole nitrogens is 1. The third-order valence-electron chi connectivity index (χ3n) is 3.05. The van der Waals surface area contributed by atoms with Crippen LogP contribution in [-0.4, -0.2) is 21.2 Å². The number of nitrogens with zero attached hydrogens (tertiary/aromatic N) is 1. The van der Waals surface area contributed by atoms with Crippen LogP contribution in [0.15, 0.2) is 35.1 Å². The molecule has 0 aliphatic carbocycles. The fourth-order valence-electron chi connectivity index (χ4n) is 2.07. The van der Waals surface area contributed by atoms with Gasteiger partial charge in [0.25, 0.3) is 0 Å². The minimum absolute atomic E-state index is 0.0897. The summed E-state index contributed by atoms with van der Waals surface area (Å²) in [6.07, 6.45) is -2.10. The summed E-state index contributed by atoms with van der Waals surface area (Å²) in [6.45, 7) is 0. The third-order valence-corrected chi connectivity index (χ3v) is 3.05. The number of carboxylic acids is 1. The van der Waals surface area contributed by atoms with Crippen LogP contribution in [0.5, 0.6) is 0 Å². The van der Waals surface area contributed by atoms with Crippen molar-refractivity contribution in [3.63, 3.8) is 0 Å². The Bertz CT molecular complexity index is 833. The molecule has 0 bridgehead atoms. The molecular weight excluding hydrogens is 289 g/mol. The van der Waals surface area contributed by atoms with Crippen LogP contribution in [0.2, 0.25) is 0 Å². The van der Waals surface area contributed by atoms with E-state index in [9.17, 15) is 18.0 Å². The molecule has 0 aliphatic heterocycles. The van der Waals surface area contributed by atoms with Crippen molar-refractivity contribution in [1.29, 1.82) is 0 Å². The van der Waals surface area contributed by atoms with Gasteiger partial charge < -0.3 is 14.6 Å². The zero-order chi connectivity index (χ0) is 15.2. The number of fused-ring (bicyclic) bond motifs is 1. The van der Waals surface area contributed by atoms with Crippen LogP contribution in [0.25, 0.3) is 22.2 Å². The van der Waals surface area contributed by atoms with Crippen molar-refractivity contribution in [2.75, 3.05) is 0 Å². The first-order chi connectivity index (χ1) is 9.88. The Labute approximate surface area is 115 Å². The van der Waals surface area contributed by atoms with Crippen molar-refractivity contribution in [2.24, 2.45) is 0 Å². The summed E-state index contributed by atoms with van der Waals surface area (Å²) in [5, 5.41) is 12.6. The van der Waals surface area contributed by atoms with Crippen LogP contribution in [0, 0.1) is 0 Å². The van der Waals surface area contributed by atoms with E-state index in [1.54, 1.807) is 0 Å². The molecule has 0 aliphatic rings. The lowest BCUT2D eigenvalue weighted by atomic mass is 10.1. The first kappa shape index (κ1) is 13.2. The summed E-state index contributed by atoms with van der Waals surface area (Å²) in [4.78, 5) is 13.8. The van der Waals surface area contributed by atoms with E-state index >= 15 is 0 Å². The molecule has 3 aromatic rings. The number of aromatic nitrogens is 2. The van der Waals surface area contributed by atoms with Gasteiger partial charge in [-0.3, -0.25) is 0 Å². The van der Waals surface area contributed by atoms with Gasteiger partial charge >= 0.3 is 12.1 Å². The second kappa shape index (κ2) is 4.37. The van der Waals surface area contributed by atoms with Crippen molar-refractivity contribution in [3.8, 4) is 11.3 Å². The van der Waals surface area contributed by atoms with Gasteiger partial charge in [-0.15, -0.1) is 0 Å². The predicted molar refractivity (Wildman–Crippen MR) is 65.8 cm³/mol. The molecule has 108 valence electrons. The first-order valence-electron chi connectivity index (χ1n) is 5.74. The van der Waals surface area contributed by atoms with Crippen LogP contribution in [0.4, 0.5) is 13.2 Å². The number of aromatic amines is 1. The second-order valence-corrected chi connectivity index (χ2v) is 4.33. The molecular formula is C13H7F3N2O3. The van der Waals surface area contributed by atoms with E-state index in [0.717, 1.165) is 18.3 Å². The van der Waals surface area contributed by atoms with E-state index in [4.69, 9.17) is 9.63 Å². The average molecular weight is 296 g/mol. The van der Waals surface area contributed by atoms with E-state index in [0.29, 0.717) is 5.52 Å². The summed E-state index contributed by atoms with van der Waals surface area (Å²) >= 11 is 0. The van der Waals surface area contributed by atoms with Gasteiger partial charge in [-0.2, -0.15) is 13.2 Å². The number of carboxylic acid groups (broad SMARTS) is 1. The molecule has 0 fully saturated rings. The number of hydrogen-bond acceptors (Lipinski definition) is 3. The lowest BCUT2D eigenvalue weighted by Gasteiger charge is -2.06. The molecule has 1 aromatic carbocycles. The van der Waals surface area contributed by atoms with E-state index in [-0.39, 0.29) is 22.3 Å². The van der Waals surface area contributed by atoms with Crippen molar-refractivity contribution in [1.82, 2.24) is 10.1 Å². The van der Waals surface area contributed by atoms with E-state index in [1.807, 2.05) is 0 Å². The molecule has 2 N–H and O–H groups in total. The number of alkyl halides is 3. The summed E-state index contributed by atoms with van der Waals surface area (Å²) in [5.74, 6) is -1.36. The molecule has 5 nitrogen and oxygen atoms in total. The third kappa shape index (κ3) is 2.14. The van der Waals surface area contributed by atoms with E-state index in [2.05, 4.69) is 10.1 Å². The van der Waals surface area contributed by atoms with Crippen LogP contribution in [0.3, 0.4) is 0 Å². The maximum absolute atomic E-state index is 12.8. The predicted octanol–water partition coefficient (Wildman–Crippen LogP) is 3.54. The highest BCUT2D eigenvalue weighted by Crippen LogP contribution is 2.36. The molecule has 0 amide bonds. The maximum atomic E-state index is 12.8. The van der Waals surface area contributed by atoms with Crippen LogP contribution in [0.1, 0.15) is 15.9 Å². The lowest BCUT2D eigenvalue weighted by Crippen LogP contribution is -2.04. The normalized spacial score (nSPS) is 12.0. The van der Waals surface area contributed by atoms with Gasteiger partial charge in [0.15, 0.2) is 5.76 Å². The zero-order valence-electron chi connectivity index (χ0n) is 10.2. The highest BCUT2D eigenvalue weighted by molar-refractivity contribution is 6.01. The van der Waals surface area contributed by atoms with Gasteiger partial charge in [-0.25, -0.2) is 4.79 Å². The molecule has 8 heteroatoms. The topological polar surface area (TPSA) is 79.1 Å². The summed E-state index contributed by atoms with van der Waals surface area (Å²) < 4.78 is 43.2. The van der Waals surface area contributed by atoms with Crippen LogP contribution >= 0.6 is 0 Å². The molecule has 0 atom stereocenters. The number of rotatable bonds is 2. The fraction of sp³-hybridized carbons (Fsp3) is 0.0769. The fourth-order valence-corrected chi connectivity index (χ4v) is 2.07. The Kier molecular flexibility index (Phi) is 2.75. The first-order valence-corrected chi connectivity index (χ1v) is 5.74. The number of carbonyl (C=O) groups is 1. The quantitative estimate of drug-likeness (QED) is 0.758. The van der Waals surface area contributed by atoms with Gasteiger partial charge in [-0.1, -0.05) is 5.16 Å². The molecule has 2 heterocycles. The van der Waals surface area contributed by atoms with Crippen LogP contribution < -0.4 is 0 Å². The lowest BCUT2D eigenvalue weighted by molar-refractivity contribution is -0.137. The molecule has 0 saturated carbocycles. The summed E-state index contributed by atoms with van der Waals surface area (Å²) in [6, 6.07) is 3.16. The second-order valence-electron chi connectivity index (χ2n) is 4.33. The standard InChI is InChI=1S/C13H7F3N2O3/c14-13(15,16)6-1-2-10-7(3-6)8(4-17-10)11-9(12(19)20)5-18-21-11/h1-5,17H,(H,19,20). The Morgan fingerprint density at radius 1 is 1.33 bits per heavy atom. The Hall–Kier alpha value is -2.77. The smallest absolute Gasteiger partial charge is 0.416 e. The van der Waals surface area contributed by atoms with E-state index < -0.39 is 17.7 Å². The molecule has 3 rings (SSSR count). The number of nitrogens with one attached hydrogen (secondary N) is 1. The van der Waals surface area contributed by atoms with Gasteiger partial charge in [0.2, 0.25) is 0 Å². The zero-order valence-corrected chi connectivity index (χ0v) is 10.2. The van der Waals surface area contributed by atoms with Crippen molar-refractivity contribution in [3.05, 3.63) is 41.7 Å². The minimum atomic E-state index is -4.49. The largest absolute Gasteiger partial charge is 0.477 e. The van der Waals surface area contributed by atoms with Crippen molar-refractivity contribution < 1.29 is 27.6 Å². The van der Waals surface area contributed by atoms with Gasteiger partial charge in [0, 0.05) is 22.7 Å². The van der Waals surface area contributed by atoms with Crippen molar-refractivity contribution >= 4 is 16.9 Å². The summed E-state index contributed by atoms with van der Waals surface area (Å²) in [7, 11) is 0.